The topological polar surface area (TPSA) is 53.4 Å². The molecule has 3 aromatic carbocycles. The van der Waals surface area contributed by atoms with E-state index in [2.05, 4.69) is 5.10 Å². The fourth-order valence-corrected chi connectivity index (χ4v) is 2.88. The Morgan fingerprint density at radius 3 is 1.93 bits per heavy atom. The average molecular weight is 406 g/mol. The Morgan fingerprint density at radius 1 is 0.833 bits per heavy atom. The smallest absolute Gasteiger partial charge is 0.356 e. The number of ether oxygens (including phenoxy) is 2. The van der Waals surface area contributed by atoms with Gasteiger partial charge in [-0.05, 0) is 78.9 Å². The highest BCUT2D eigenvalue weighted by atomic mass is 19.1. The highest BCUT2D eigenvalue weighted by Gasteiger charge is 2.18. The molecule has 0 unspecified atom stereocenters. The molecule has 150 valence electrons. The lowest BCUT2D eigenvalue weighted by Crippen LogP contribution is -2.10. The van der Waals surface area contributed by atoms with Crippen LogP contribution in [0.1, 0.15) is 10.5 Å². The van der Waals surface area contributed by atoms with Gasteiger partial charge in [-0.15, -0.1) is 0 Å². The Labute approximate surface area is 171 Å². The van der Waals surface area contributed by atoms with Crippen molar-refractivity contribution in [1.82, 2.24) is 9.78 Å². The molecule has 5 nitrogen and oxygen atoms in total. The molecule has 0 atom stereocenters. The molecule has 4 rings (SSSR count). The molecular formula is C23H16F2N2O3. The fourth-order valence-electron chi connectivity index (χ4n) is 2.88. The van der Waals surface area contributed by atoms with E-state index in [9.17, 15) is 13.6 Å². The van der Waals surface area contributed by atoms with Gasteiger partial charge in [0.1, 0.15) is 23.1 Å². The van der Waals surface area contributed by atoms with Gasteiger partial charge in [-0.2, -0.15) is 5.10 Å². The third-order valence-corrected chi connectivity index (χ3v) is 4.37. The first-order chi connectivity index (χ1) is 14.5. The van der Waals surface area contributed by atoms with Crippen molar-refractivity contribution in [2.45, 2.75) is 0 Å². The number of hydrogen-bond donors (Lipinski definition) is 0. The maximum Gasteiger partial charge on any atom is 0.356 e. The van der Waals surface area contributed by atoms with Crippen LogP contribution in [0.5, 0.6) is 11.5 Å². The molecule has 1 aromatic heterocycles. The van der Waals surface area contributed by atoms with Crippen LogP contribution in [0.2, 0.25) is 0 Å². The predicted molar refractivity (Wildman–Crippen MR) is 107 cm³/mol. The van der Waals surface area contributed by atoms with E-state index >= 15 is 0 Å². The van der Waals surface area contributed by atoms with Gasteiger partial charge in [0.05, 0.1) is 18.5 Å². The molecule has 0 saturated carbocycles. The Bertz CT molecular complexity index is 1170. The van der Waals surface area contributed by atoms with E-state index in [0.29, 0.717) is 22.9 Å². The maximum absolute atomic E-state index is 13.3. The first-order valence-electron chi connectivity index (χ1n) is 9.01. The van der Waals surface area contributed by atoms with Crippen molar-refractivity contribution in [3.8, 4) is 28.4 Å². The van der Waals surface area contributed by atoms with E-state index in [1.54, 1.807) is 30.3 Å². The molecule has 0 spiro atoms. The number of hydrogen-bond acceptors (Lipinski definition) is 4. The van der Waals surface area contributed by atoms with Crippen molar-refractivity contribution in [3.63, 3.8) is 0 Å². The monoisotopic (exact) mass is 406 g/mol. The number of benzene rings is 3. The summed E-state index contributed by atoms with van der Waals surface area (Å²) in [5, 5.41) is 4.48. The summed E-state index contributed by atoms with van der Waals surface area (Å²) < 4.78 is 38.2. The minimum absolute atomic E-state index is 0.214. The summed E-state index contributed by atoms with van der Waals surface area (Å²) in [7, 11) is 1.28. The summed E-state index contributed by atoms with van der Waals surface area (Å²) in [6.07, 6.45) is 0. The van der Waals surface area contributed by atoms with Crippen LogP contribution in [0, 0.1) is 11.6 Å². The SMILES string of the molecule is COC(=O)c1cc(-c2ccc(Oc3ccc(F)cc3)cc2)nn1-c1ccc(F)cc1. The zero-order valence-corrected chi connectivity index (χ0v) is 15.9. The molecular weight excluding hydrogens is 390 g/mol. The highest BCUT2D eigenvalue weighted by Crippen LogP contribution is 2.27. The Morgan fingerprint density at radius 2 is 1.37 bits per heavy atom. The minimum Gasteiger partial charge on any atom is -0.464 e. The Hall–Kier alpha value is -4.00. The summed E-state index contributed by atoms with van der Waals surface area (Å²) in [6, 6.07) is 20.0. The average Bonchev–Trinajstić information content (AvgIpc) is 3.21. The first kappa shape index (κ1) is 19.3. The van der Waals surface area contributed by atoms with Crippen LogP contribution in [0.25, 0.3) is 16.9 Å². The van der Waals surface area contributed by atoms with Gasteiger partial charge in [-0.1, -0.05) is 0 Å². The molecule has 0 fully saturated rings. The molecule has 0 radical (unpaired) electrons. The Kier molecular flexibility index (Phi) is 5.26. The highest BCUT2D eigenvalue weighted by molar-refractivity contribution is 5.89. The van der Waals surface area contributed by atoms with E-state index in [-0.39, 0.29) is 17.3 Å². The zero-order chi connectivity index (χ0) is 21.1. The largest absolute Gasteiger partial charge is 0.464 e. The number of rotatable bonds is 5. The van der Waals surface area contributed by atoms with Crippen molar-refractivity contribution in [2.24, 2.45) is 0 Å². The standard InChI is InChI=1S/C23H16F2N2O3/c1-29-23(28)22-14-21(26-27(22)18-8-4-16(24)5-9-18)15-2-10-19(11-3-15)30-20-12-6-17(25)7-13-20/h2-14H,1H3. The Balaban J connectivity index is 1.64. The summed E-state index contributed by atoms with van der Waals surface area (Å²) in [5.41, 5.74) is 2.02. The summed E-state index contributed by atoms with van der Waals surface area (Å²) in [4.78, 5) is 12.2. The molecule has 0 N–H and O–H groups in total. The summed E-state index contributed by atoms with van der Waals surface area (Å²) in [6.45, 7) is 0. The number of carbonyl (C=O) groups excluding carboxylic acids is 1. The van der Waals surface area contributed by atoms with Gasteiger partial charge in [0.2, 0.25) is 0 Å². The van der Waals surface area contributed by atoms with Crippen LogP contribution in [-0.4, -0.2) is 22.9 Å². The number of esters is 1. The maximum atomic E-state index is 13.3. The van der Waals surface area contributed by atoms with E-state index in [4.69, 9.17) is 9.47 Å². The lowest BCUT2D eigenvalue weighted by Gasteiger charge is -2.06. The molecule has 0 amide bonds. The van der Waals surface area contributed by atoms with Crippen LogP contribution >= 0.6 is 0 Å². The van der Waals surface area contributed by atoms with Crippen molar-refractivity contribution >= 4 is 5.97 Å². The summed E-state index contributed by atoms with van der Waals surface area (Å²) >= 11 is 0. The van der Waals surface area contributed by atoms with Crippen LogP contribution in [0.4, 0.5) is 8.78 Å². The number of methoxy groups -OCH3 is 1. The van der Waals surface area contributed by atoms with Gasteiger partial charge in [0.25, 0.3) is 0 Å². The normalized spacial score (nSPS) is 10.6. The van der Waals surface area contributed by atoms with E-state index in [0.717, 1.165) is 5.56 Å². The molecule has 4 aromatic rings. The van der Waals surface area contributed by atoms with Gasteiger partial charge >= 0.3 is 5.97 Å². The predicted octanol–water partition coefficient (Wildman–Crippen LogP) is 5.40. The molecule has 0 aliphatic carbocycles. The number of halogens is 2. The number of nitrogens with zero attached hydrogens (tertiary/aromatic N) is 2. The van der Waals surface area contributed by atoms with E-state index in [1.165, 1.54) is 60.3 Å². The lowest BCUT2D eigenvalue weighted by atomic mass is 10.1. The van der Waals surface area contributed by atoms with E-state index < -0.39 is 5.97 Å². The second kappa shape index (κ2) is 8.16. The molecule has 0 bridgehead atoms. The quantitative estimate of drug-likeness (QED) is 0.417. The second-order valence-corrected chi connectivity index (χ2v) is 6.37. The van der Waals surface area contributed by atoms with Gasteiger partial charge < -0.3 is 9.47 Å². The van der Waals surface area contributed by atoms with Crippen molar-refractivity contribution in [2.75, 3.05) is 7.11 Å². The minimum atomic E-state index is -0.561. The van der Waals surface area contributed by atoms with Gasteiger partial charge in [0.15, 0.2) is 5.69 Å². The van der Waals surface area contributed by atoms with Crippen LogP contribution < -0.4 is 4.74 Å². The third kappa shape index (κ3) is 4.05. The fraction of sp³-hybridized carbons (Fsp3) is 0.0435. The van der Waals surface area contributed by atoms with Gasteiger partial charge in [0, 0.05) is 5.56 Å². The lowest BCUT2D eigenvalue weighted by molar-refractivity contribution is 0.0590. The first-order valence-corrected chi connectivity index (χ1v) is 9.01. The molecule has 1 heterocycles. The molecule has 0 saturated heterocycles. The van der Waals surface area contributed by atoms with Crippen LogP contribution in [-0.2, 0) is 4.74 Å². The van der Waals surface area contributed by atoms with Crippen molar-refractivity contribution in [1.29, 1.82) is 0 Å². The zero-order valence-electron chi connectivity index (χ0n) is 15.9. The number of aromatic nitrogens is 2. The van der Waals surface area contributed by atoms with E-state index in [1.807, 2.05) is 0 Å². The molecule has 0 aliphatic heterocycles. The van der Waals surface area contributed by atoms with Crippen molar-refractivity contribution < 1.29 is 23.0 Å². The van der Waals surface area contributed by atoms with Crippen LogP contribution in [0.3, 0.4) is 0 Å². The summed E-state index contributed by atoms with van der Waals surface area (Å²) in [5.74, 6) is -0.207. The third-order valence-electron chi connectivity index (χ3n) is 4.37. The van der Waals surface area contributed by atoms with Crippen LogP contribution in [0.15, 0.2) is 78.9 Å². The molecule has 0 aliphatic rings. The van der Waals surface area contributed by atoms with Gasteiger partial charge in [-0.3, -0.25) is 0 Å². The molecule has 30 heavy (non-hydrogen) atoms. The van der Waals surface area contributed by atoms with Gasteiger partial charge in [-0.25, -0.2) is 18.3 Å². The van der Waals surface area contributed by atoms with Crippen molar-refractivity contribution in [3.05, 3.63) is 96.2 Å². The second-order valence-electron chi connectivity index (χ2n) is 6.37. The number of carbonyl (C=O) groups is 1. The molecule has 7 heteroatoms.